The third-order valence-corrected chi connectivity index (χ3v) is 10.6. The molecule has 3 atom stereocenters. The quantitative estimate of drug-likeness (QED) is 0.0929. The van der Waals surface area contributed by atoms with E-state index < -0.39 is 6.04 Å². The molecule has 3 aromatic heterocycles. The molecule has 0 saturated heterocycles. The van der Waals surface area contributed by atoms with E-state index in [1.54, 1.807) is 17.5 Å². The lowest BCUT2D eigenvalue weighted by Crippen LogP contribution is -2.41. The minimum absolute atomic E-state index is 0.0239. The van der Waals surface area contributed by atoms with Gasteiger partial charge in [0.25, 0.3) is 0 Å². The van der Waals surface area contributed by atoms with Gasteiger partial charge in [0.05, 0.1) is 12.1 Å². The lowest BCUT2D eigenvalue weighted by Gasteiger charge is -2.28. The van der Waals surface area contributed by atoms with Crippen molar-refractivity contribution in [2.45, 2.75) is 24.7 Å². The molecule has 1 aliphatic heterocycles. The second kappa shape index (κ2) is 16.8. The predicted molar refractivity (Wildman–Crippen MR) is 219 cm³/mol. The maximum absolute atomic E-state index is 13.5. The van der Waals surface area contributed by atoms with Crippen molar-refractivity contribution in [3.8, 4) is 11.5 Å². The van der Waals surface area contributed by atoms with Gasteiger partial charge in [-0.25, -0.2) is 0 Å². The molecule has 0 fully saturated rings. The lowest BCUT2D eigenvalue weighted by molar-refractivity contribution is 0.0818. The first kappa shape index (κ1) is 35.8. The van der Waals surface area contributed by atoms with E-state index in [4.69, 9.17) is 9.47 Å². The molecule has 9 heteroatoms. The Morgan fingerprint density at radius 3 is 1.73 bits per heavy atom. The van der Waals surface area contributed by atoms with E-state index in [1.165, 1.54) is 4.88 Å². The Labute approximate surface area is 323 Å². The summed E-state index contributed by atoms with van der Waals surface area (Å²) < 4.78 is 11.9. The average Bonchev–Trinajstić information content (AvgIpc) is 4.03. The van der Waals surface area contributed by atoms with Crippen molar-refractivity contribution >= 4 is 44.7 Å². The smallest absolute Gasteiger partial charge is 0.186 e. The van der Waals surface area contributed by atoms with E-state index in [0.717, 1.165) is 50.0 Å². The molecule has 4 N–H and O–H groups in total. The Balaban J connectivity index is 0.000000158. The SMILES string of the molecule is O=C(c1c[nH]c2ccccc12)C(NCC1COc2ccccc2O1)c1ccccc1.O=C(c1c[nH]c2ccccc12)C(NCc1cccs1)c1ccccc1. The molecule has 1 aliphatic rings. The monoisotopic (exact) mass is 744 g/mol. The fraction of sp³-hybridized carbons (Fsp3) is 0.130. The Hall–Kier alpha value is -6.26. The van der Waals surface area contributed by atoms with Gasteiger partial charge in [-0.05, 0) is 46.8 Å². The van der Waals surface area contributed by atoms with Crippen LogP contribution in [0.4, 0.5) is 0 Å². The highest BCUT2D eigenvalue weighted by Gasteiger charge is 2.28. The maximum atomic E-state index is 13.5. The second-order valence-corrected chi connectivity index (χ2v) is 14.3. The van der Waals surface area contributed by atoms with Gasteiger partial charge in [-0.3, -0.25) is 20.2 Å². The highest BCUT2D eigenvalue weighted by molar-refractivity contribution is 7.09. The predicted octanol–water partition coefficient (Wildman–Crippen LogP) is 9.46. The van der Waals surface area contributed by atoms with Gasteiger partial charge in [0, 0.05) is 63.3 Å². The summed E-state index contributed by atoms with van der Waals surface area (Å²) in [5, 5.41) is 10.8. The van der Waals surface area contributed by atoms with Crippen LogP contribution in [0.15, 0.2) is 163 Å². The zero-order valence-electron chi connectivity index (χ0n) is 30.0. The number of hydrogen-bond donors (Lipinski definition) is 4. The van der Waals surface area contributed by atoms with Gasteiger partial charge >= 0.3 is 0 Å². The number of para-hydroxylation sites is 4. The summed E-state index contributed by atoms with van der Waals surface area (Å²) in [6.07, 6.45) is 3.43. The van der Waals surface area contributed by atoms with Crippen molar-refractivity contribution < 1.29 is 19.1 Å². The van der Waals surface area contributed by atoms with Crippen molar-refractivity contribution in [3.05, 3.63) is 190 Å². The minimum Gasteiger partial charge on any atom is -0.486 e. The first-order valence-electron chi connectivity index (χ1n) is 18.3. The fourth-order valence-corrected chi connectivity index (χ4v) is 7.56. The van der Waals surface area contributed by atoms with Gasteiger partial charge in [0.1, 0.15) is 12.7 Å². The minimum atomic E-state index is -0.480. The van der Waals surface area contributed by atoms with Crippen molar-refractivity contribution in [2.75, 3.05) is 13.2 Å². The van der Waals surface area contributed by atoms with Crippen LogP contribution >= 0.6 is 11.3 Å². The van der Waals surface area contributed by atoms with Crippen molar-refractivity contribution in [1.29, 1.82) is 0 Å². The second-order valence-electron chi connectivity index (χ2n) is 13.3. The molecule has 5 aromatic carbocycles. The molecular formula is C46H40N4O4S. The van der Waals surface area contributed by atoms with E-state index >= 15 is 0 Å². The van der Waals surface area contributed by atoms with Crippen molar-refractivity contribution in [1.82, 2.24) is 20.6 Å². The third-order valence-electron chi connectivity index (χ3n) is 9.68. The Morgan fingerprint density at radius 2 is 1.15 bits per heavy atom. The number of aromatic nitrogens is 2. The summed E-state index contributed by atoms with van der Waals surface area (Å²) >= 11 is 1.69. The number of rotatable bonds is 12. The van der Waals surface area contributed by atoms with E-state index in [-0.39, 0.29) is 23.7 Å². The Kier molecular flexibility index (Phi) is 10.9. The molecule has 0 radical (unpaired) electrons. The highest BCUT2D eigenvalue weighted by Crippen LogP contribution is 2.31. The fourth-order valence-electron chi connectivity index (χ4n) is 6.91. The molecule has 9 rings (SSSR count). The summed E-state index contributed by atoms with van der Waals surface area (Å²) in [6.45, 7) is 1.60. The summed E-state index contributed by atoms with van der Waals surface area (Å²) in [5.41, 5.74) is 5.24. The molecule has 0 spiro atoms. The molecule has 0 aliphatic carbocycles. The molecular weight excluding hydrogens is 705 g/mol. The largest absolute Gasteiger partial charge is 0.486 e. The zero-order valence-corrected chi connectivity index (χ0v) is 30.8. The summed E-state index contributed by atoms with van der Waals surface area (Å²) in [5.74, 6) is 1.59. The normalized spacial score (nSPS) is 14.5. The average molecular weight is 745 g/mol. The van der Waals surface area contributed by atoms with Crippen molar-refractivity contribution in [2.24, 2.45) is 0 Å². The Bertz CT molecular complexity index is 2490. The number of ketones is 2. The third kappa shape index (κ3) is 8.14. The summed E-state index contributed by atoms with van der Waals surface area (Å²) in [7, 11) is 0. The zero-order chi connectivity index (χ0) is 37.4. The molecule has 0 bridgehead atoms. The molecule has 8 aromatic rings. The number of carbonyl (C=O) groups is 2. The molecule has 274 valence electrons. The van der Waals surface area contributed by atoms with Crippen LogP contribution in [-0.4, -0.2) is 40.8 Å². The Morgan fingerprint density at radius 1 is 0.618 bits per heavy atom. The van der Waals surface area contributed by atoms with Crippen LogP contribution in [0.5, 0.6) is 11.5 Å². The highest BCUT2D eigenvalue weighted by atomic mass is 32.1. The van der Waals surface area contributed by atoms with Crippen LogP contribution in [0.25, 0.3) is 21.8 Å². The van der Waals surface area contributed by atoms with Gasteiger partial charge in [0.15, 0.2) is 23.1 Å². The first-order chi connectivity index (χ1) is 27.1. The molecule has 8 nitrogen and oxygen atoms in total. The summed E-state index contributed by atoms with van der Waals surface area (Å²) in [4.78, 5) is 34.5. The number of hydrogen-bond acceptors (Lipinski definition) is 7. The molecule has 3 unspecified atom stereocenters. The van der Waals surface area contributed by atoms with Gasteiger partial charge in [-0.2, -0.15) is 0 Å². The number of nitrogens with one attached hydrogen (secondary N) is 4. The number of fused-ring (bicyclic) bond motifs is 3. The number of benzene rings is 5. The standard InChI is InChI=1S/C25H22N2O3.C21H18N2OS/c28-25(20-15-26-21-11-5-4-10-19(20)21)24(17-8-2-1-3-9-17)27-14-18-16-29-22-12-6-7-13-23(22)30-18;24-21(18-14-22-19-11-5-4-10-17(18)19)20(15-7-2-1-3-8-15)23-13-16-9-6-12-25-16/h1-13,15,18,24,26-27H,14,16H2;1-12,14,20,22-23H,13H2. The number of Topliss-reactive ketones (excluding diaryl/α,β-unsaturated/α-hetero) is 2. The van der Waals surface area contributed by atoms with Crippen LogP contribution in [0.1, 0.15) is 48.8 Å². The maximum Gasteiger partial charge on any atom is 0.186 e. The van der Waals surface area contributed by atoms with Crippen LogP contribution < -0.4 is 20.1 Å². The number of ether oxygens (including phenoxy) is 2. The van der Waals surface area contributed by atoms with Crippen LogP contribution in [0.3, 0.4) is 0 Å². The molecule has 4 heterocycles. The van der Waals surface area contributed by atoms with Gasteiger partial charge in [-0.15, -0.1) is 11.3 Å². The van der Waals surface area contributed by atoms with Crippen LogP contribution in [0, 0.1) is 0 Å². The topological polar surface area (TPSA) is 108 Å². The lowest BCUT2D eigenvalue weighted by atomic mass is 9.97. The summed E-state index contributed by atoms with van der Waals surface area (Å²) in [6, 6.07) is 46.3. The first-order valence-corrected chi connectivity index (χ1v) is 19.2. The molecule has 0 saturated carbocycles. The number of carbonyl (C=O) groups excluding carboxylic acids is 2. The molecule has 0 amide bonds. The number of thiophene rings is 1. The number of aromatic amines is 2. The molecule has 55 heavy (non-hydrogen) atoms. The van der Waals surface area contributed by atoms with E-state index in [2.05, 4.69) is 32.0 Å². The van der Waals surface area contributed by atoms with Gasteiger partial charge in [-0.1, -0.05) is 115 Å². The van der Waals surface area contributed by atoms with Gasteiger partial charge < -0.3 is 19.4 Å². The van der Waals surface area contributed by atoms with E-state index in [0.29, 0.717) is 25.3 Å². The van der Waals surface area contributed by atoms with Crippen molar-refractivity contribution in [3.63, 3.8) is 0 Å². The van der Waals surface area contributed by atoms with Crippen LogP contribution in [0.2, 0.25) is 0 Å². The van der Waals surface area contributed by atoms with Crippen LogP contribution in [-0.2, 0) is 6.54 Å². The van der Waals surface area contributed by atoms with E-state index in [9.17, 15) is 9.59 Å². The van der Waals surface area contributed by atoms with E-state index in [1.807, 2.05) is 146 Å². The van der Waals surface area contributed by atoms with Gasteiger partial charge in [0.2, 0.25) is 0 Å². The number of H-pyrrole nitrogens is 2.